The molecule has 6 nitrogen and oxygen atoms in total. The van der Waals surface area contributed by atoms with Gasteiger partial charge in [-0.05, 0) is 24.6 Å². The van der Waals surface area contributed by atoms with Crippen LogP contribution in [0.4, 0.5) is 17.5 Å². The van der Waals surface area contributed by atoms with Crippen LogP contribution in [0.15, 0.2) is 24.4 Å². The van der Waals surface area contributed by atoms with Crippen molar-refractivity contribution in [2.75, 3.05) is 24.3 Å². The van der Waals surface area contributed by atoms with E-state index < -0.39 is 0 Å². The zero-order valence-electron chi connectivity index (χ0n) is 12.9. The molecule has 1 N–H and O–H groups in total. The van der Waals surface area contributed by atoms with Gasteiger partial charge in [0.2, 0.25) is 5.95 Å². The highest BCUT2D eigenvalue weighted by atomic mass is 35.5. The van der Waals surface area contributed by atoms with E-state index in [9.17, 15) is 0 Å². The minimum atomic E-state index is 0.622. The zero-order chi connectivity index (χ0) is 15.9. The average Bonchev–Trinajstić information content (AvgIpc) is 2.85. The Kier molecular flexibility index (Phi) is 3.62. The molecule has 0 saturated carbocycles. The molecule has 0 fully saturated rings. The third-order valence-corrected chi connectivity index (χ3v) is 3.82. The first-order valence-corrected chi connectivity index (χ1v) is 7.24. The fourth-order valence-corrected chi connectivity index (χ4v) is 2.29. The third-order valence-electron chi connectivity index (χ3n) is 3.41. The summed E-state index contributed by atoms with van der Waals surface area (Å²) in [5.74, 6) is 1.33. The van der Waals surface area contributed by atoms with Gasteiger partial charge in [0.1, 0.15) is 5.82 Å². The lowest BCUT2D eigenvalue weighted by molar-refractivity contribution is 0.784. The molecule has 0 radical (unpaired) electrons. The van der Waals surface area contributed by atoms with Gasteiger partial charge in [-0.2, -0.15) is 15.1 Å². The molecular weight excluding hydrogens is 300 g/mol. The van der Waals surface area contributed by atoms with Crippen LogP contribution in [0.3, 0.4) is 0 Å². The number of hydrogen-bond donors (Lipinski definition) is 1. The topological polar surface area (TPSA) is 58.9 Å². The van der Waals surface area contributed by atoms with Crippen LogP contribution in [0.25, 0.3) is 11.0 Å². The normalized spacial score (nSPS) is 11.0. The van der Waals surface area contributed by atoms with Crippen molar-refractivity contribution in [2.24, 2.45) is 7.05 Å². The second kappa shape index (κ2) is 5.46. The lowest BCUT2D eigenvalue weighted by Crippen LogP contribution is -2.14. The van der Waals surface area contributed by atoms with E-state index in [4.69, 9.17) is 11.6 Å². The molecule has 3 aromatic rings. The molecule has 0 aliphatic rings. The summed E-state index contributed by atoms with van der Waals surface area (Å²) in [5.41, 5.74) is 2.69. The second-order valence-corrected chi connectivity index (χ2v) is 5.77. The molecule has 1 aromatic carbocycles. The third kappa shape index (κ3) is 2.57. The van der Waals surface area contributed by atoms with E-state index in [1.807, 2.05) is 51.2 Å². The van der Waals surface area contributed by atoms with Gasteiger partial charge in [0, 0.05) is 31.9 Å². The van der Waals surface area contributed by atoms with Crippen LogP contribution in [0, 0.1) is 6.92 Å². The molecule has 2 heterocycles. The van der Waals surface area contributed by atoms with E-state index in [1.54, 1.807) is 10.9 Å². The summed E-state index contributed by atoms with van der Waals surface area (Å²) in [4.78, 5) is 10.9. The maximum atomic E-state index is 6.19. The van der Waals surface area contributed by atoms with Gasteiger partial charge in [-0.1, -0.05) is 17.7 Å². The van der Waals surface area contributed by atoms with E-state index in [0.29, 0.717) is 16.8 Å². The van der Waals surface area contributed by atoms with Crippen molar-refractivity contribution in [2.45, 2.75) is 6.92 Å². The highest BCUT2D eigenvalue weighted by molar-refractivity contribution is 6.31. The molecule has 0 saturated heterocycles. The summed E-state index contributed by atoms with van der Waals surface area (Å²) in [6, 6.07) is 5.83. The zero-order valence-corrected chi connectivity index (χ0v) is 13.7. The highest BCUT2D eigenvalue weighted by Gasteiger charge is 2.13. The number of benzene rings is 1. The number of nitrogens with one attached hydrogen (secondary N) is 1. The van der Waals surface area contributed by atoms with Crippen molar-refractivity contribution >= 4 is 40.1 Å². The summed E-state index contributed by atoms with van der Waals surface area (Å²) >= 11 is 6.19. The molecular formula is C15H17ClN6. The summed E-state index contributed by atoms with van der Waals surface area (Å²) in [6.07, 6.45) is 1.76. The molecule has 0 aliphatic heterocycles. The molecule has 0 unspecified atom stereocenters. The Morgan fingerprint density at radius 3 is 2.68 bits per heavy atom. The Bertz CT molecular complexity index is 839. The van der Waals surface area contributed by atoms with Gasteiger partial charge in [0.15, 0.2) is 5.65 Å². The number of hydrogen-bond acceptors (Lipinski definition) is 5. The first-order chi connectivity index (χ1) is 10.5. The van der Waals surface area contributed by atoms with Crippen LogP contribution in [-0.4, -0.2) is 33.8 Å². The van der Waals surface area contributed by atoms with Crippen molar-refractivity contribution in [1.82, 2.24) is 19.7 Å². The number of nitrogens with zero attached hydrogens (tertiary/aromatic N) is 5. The molecule has 22 heavy (non-hydrogen) atoms. The second-order valence-electron chi connectivity index (χ2n) is 5.36. The number of anilines is 3. The first-order valence-electron chi connectivity index (χ1n) is 6.86. The molecule has 114 valence electrons. The van der Waals surface area contributed by atoms with Gasteiger partial charge in [-0.15, -0.1) is 0 Å². The van der Waals surface area contributed by atoms with E-state index in [2.05, 4.69) is 20.4 Å². The quantitative estimate of drug-likeness (QED) is 0.804. The molecule has 0 spiro atoms. The van der Waals surface area contributed by atoms with Crippen LogP contribution >= 0.6 is 11.6 Å². The maximum Gasteiger partial charge on any atom is 0.228 e. The fourth-order valence-electron chi connectivity index (χ4n) is 2.11. The highest BCUT2D eigenvalue weighted by Crippen LogP contribution is 2.27. The molecule has 0 aliphatic carbocycles. The first kappa shape index (κ1) is 14.6. The van der Waals surface area contributed by atoms with E-state index in [1.165, 1.54) is 0 Å². The predicted octanol–water partition coefficient (Wildman–Crippen LogP) is 3.13. The predicted molar refractivity (Wildman–Crippen MR) is 90.1 cm³/mol. The molecule has 0 amide bonds. The number of fused-ring (bicyclic) bond motifs is 1. The molecule has 7 heteroatoms. The van der Waals surface area contributed by atoms with Crippen LogP contribution in [-0.2, 0) is 7.05 Å². The number of aryl methyl sites for hydroxylation is 2. The van der Waals surface area contributed by atoms with E-state index in [-0.39, 0.29) is 0 Å². The van der Waals surface area contributed by atoms with Crippen molar-refractivity contribution in [1.29, 1.82) is 0 Å². The van der Waals surface area contributed by atoms with Gasteiger partial charge in [0.25, 0.3) is 0 Å². The van der Waals surface area contributed by atoms with Gasteiger partial charge in [0.05, 0.1) is 11.6 Å². The fraction of sp³-hybridized carbons (Fsp3) is 0.267. The van der Waals surface area contributed by atoms with E-state index in [0.717, 1.165) is 22.3 Å². The van der Waals surface area contributed by atoms with Crippen LogP contribution < -0.4 is 10.2 Å². The smallest absolute Gasteiger partial charge is 0.228 e. The van der Waals surface area contributed by atoms with Gasteiger partial charge in [-0.25, -0.2) is 0 Å². The van der Waals surface area contributed by atoms with Gasteiger partial charge in [-0.3, -0.25) is 4.68 Å². The summed E-state index contributed by atoms with van der Waals surface area (Å²) in [5, 5.41) is 9.15. The Hall–Kier alpha value is -2.34. The van der Waals surface area contributed by atoms with Gasteiger partial charge >= 0.3 is 0 Å². The monoisotopic (exact) mass is 316 g/mol. The van der Waals surface area contributed by atoms with Crippen molar-refractivity contribution in [3.05, 3.63) is 35.0 Å². The molecule has 0 bridgehead atoms. The Balaban J connectivity index is 2.10. The Morgan fingerprint density at radius 2 is 2.00 bits per heavy atom. The average molecular weight is 317 g/mol. The molecule has 0 atom stereocenters. The summed E-state index contributed by atoms with van der Waals surface area (Å²) in [7, 11) is 5.68. The standard InChI is InChI=1S/C15H17ClN6/c1-9-5-6-10(7-12(9)16)18-13-11-8-17-22(4)14(11)20-15(19-13)21(2)3/h5-8H,1-4H3,(H,18,19,20). The molecule has 2 aromatic heterocycles. The summed E-state index contributed by atoms with van der Waals surface area (Å²) in [6.45, 7) is 1.97. The summed E-state index contributed by atoms with van der Waals surface area (Å²) < 4.78 is 1.73. The number of rotatable bonds is 3. The number of halogens is 1. The van der Waals surface area contributed by atoms with Crippen molar-refractivity contribution in [3.63, 3.8) is 0 Å². The number of aromatic nitrogens is 4. The van der Waals surface area contributed by atoms with Crippen LogP contribution in [0.1, 0.15) is 5.56 Å². The molecule has 3 rings (SSSR count). The SMILES string of the molecule is Cc1ccc(Nc2nc(N(C)C)nc3c2cnn3C)cc1Cl. The Morgan fingerprint density at radius 1 is 1.23 bits per heavy atom. The Labute approximate surface area is 133 Å². The van der Waals surface area contributed by atoms with Crippen LogP contribution in [0.2, 0.25) is 5.02 Å². The lowest BCUT2D eigenvalue weighted by atomic mass is 10.2. The minimum Gasteiger partial charge on any atom is -0.347 e. The maximum absolute atomic E-state index is 6.19. The van der Waals surface area contributed by atoms with Gasteiger partial charge < -0.3 is 10.2 Å². The van der Waals surface area contributed by atoms with Crippen molar-refractivity contribution in [3.8, 4) is 0 Å². The van der Waals surface area contributed by atoms with E-state index >= 15 is 0 Å². The van der Waals surface area contributed by atoms with Crippen molar-refractivity contribution < 1.29 is 0 Å². The largest absolute Gasteiger partial charge is 0.347 e. The van der Waals surface area contributed by atoms with Crippen LogP contribution in [0.5, 0.6) is 0 Å². The lowest BCUT2D eigenvalue weighted by Gasteiger charge is -2.14. The minimum absolute atomic E-state index is 0.622.